The molecule has 2 unspecified atom stereocenters. The molecule has 9 heteroatoms. The molecule has 2 atom stereocenters. The molecule has 1 N–H and O–H groups in total. The zero-order valence-electron chi connectivity index (χ0n) is 18.7. The van der Waals surface area contributed by atoms with Crippen LogP contribution in [-0.4, -0.2) is 63.6 Å². The van der Waals surface area contributed by atoms with E-state index in [-0.39, 0.29) is 5.82 Å². The maximum Gasteiger partial charge on any atom is 0.243 e. The van der Waals surface area contributed by atoms with Crippen LogP contribution >= 0.6 is 0 Å². The Balaban J connectivity index is 1.08. The number of piperidine rings is 1. The van der Waals surface area contributed by atoms with Crippen molar-refractivity contribution in [3.05, 3.63) is 60.7 Å². The van der Waals surface area contributed by atoms with Crippen molar-refractivity contribution in [2.75, 3.05) is 56.2 Å². The van der Waals surface area contributed by atoms with Gasteiger partial charge in [0.05, 0.1) is 23.8 Å². The molecule has 1 aliphatic carbocycles. The Bertz CT molecular complexity index is 1310. The molecular weight excluding hydrogens is 455 g/mol. The van der Waals surface area contributed by atoms with Crippen LogP contribution in [0.5, 0.6) is 0 Å². The first kappa shape index (κ1) is 21.8. The first-order chi connectivity index (χ1) is 16.5. The van der Waals surface area contributed by atoms with Crippen LogP contribution in [0.1, 0.15) is 0 Å². The van der Waals surface area contributed by atoms with Crippen LogP contribution in [-0.2, 0) is 14.8 Å². The van der Waals surface area contributed by atoms with Crippen molar-refractivity contribution in [2.45, 2.75) is 4.90 Å². The highest BCUT2D eigenvalue weighted by Crippen LogP contribution is 2.53. The second kappa shape index (κ2) is 8.48. The Morgan fingerprint density at radius 3 is 2.65 bits per heavy atom. The summed E-state index contributed by atoms with van der Waals surface area (Å²) in [7, 11) is -3.56. The van der Waals surface area contributed by atoms with Gasteiger partial charge in [-0.1, -0.05) is 12.1 Å². The monoisotopic (exact) mass is 482 g/mol. The van der Waals surface area contributed by atoms with Crippen molar-refractivity contribution >= 4 is 32.2 Å². The molecule has 3 heterocycles. The van der Waals surface area contributed by atoms with Crippen LogP contribution in [0.2, 0.25) is 0 Å². The number of nitrogens with one attached hydrogen (secondary N) is 1. The average Bonchev–Trinajstić information content (AvgIpc) is 3.30. The molecule has 1 saturated carbocycles. The maximum atomic E-state index is 14.7. The molecule has 178 valence electrons. The van der Waals surface area contributed by atoms with Gasteiger partial charge in [0.25, 0.3) is 0 Å². The summed E-state index contributed by atoms with van der Waals surface area (Å²) in [4.78, 5) is 6.45. The van der Waals surface area contributed by atoms with Gasteiger partial charge in [-0.3, -0.25) is 4.98 Å². The SMILES string of the molecule is O=S(=O)(c1cccc2cnccc12)N1CC2C(CNc3ccc(N4CCOCC4)c(F)c3)C2C1. The van der Waals surface area contributed by atoms with Gasteiger partial charge in [0.15, 0.2) is 0 Å². The van der Waals surface area contributed by atoms with Crippen molar-refractivity contribution in [1.29, 1.82) is 0 Å². The Labute approximate surface area is 198 Å². The van der Waals surface area contributed by atoms with Crippen LogP contribution < -0.4 is 10.2 Å². The number of sulfonamides is 1. The molecule has 3 aromatic rings. The second-order valence-corrected chi connectivity index (χ2v) is 11.2. The number of rotatable bonds is 6. The van der Waals surface area contributed by atoms with E-state index in [0.717, 1.165) is 17.6 Å². The van der Waals surface area contributed by atoms with Gasteiger partial charge in [0, 0.05) is 61.6 Å². The quantitative estimate of drug-likeness (QED) is 0.582. The lowest BCUT2D eigenvalue weighted by Crippen LogP contribution is -2.36. The van der Waals surface area contributed by atoms with E-state index >= 15 is 0 Å². The summed E-state index contributed by atoms with van der Waals surface area (Å²) in [5, 5.41) is 4.89. The van der Waals surface area contributed by atoms with Crippen LogP contribution in [0, 0.1) is 23.6 Å². The number of morpholine rings is 1. The van der Waals surface area contributed by atoms with Crippen LogP contribution in [0.25, 0.3) is 10.8 Å². The summed E-state index contributed by atoms with van der Waals surface area (Å²) < 4.78 is 48.3. The van der Waals surface area contributed by atoms with E-state index in [4.69, 9.17) is 4.74 Å². The Hall–Kier alpha value is -2.75. The molecule has 0 radical (unpaired) electrons. The molecule has 2 aliphatic heterocycles. The fourth-order valence-electron chi connectivity index (χ4n) is 5.48. The van der Waals surface area contributed by atoms with Gasteiger partial charge < -0.3 is 15.0 Å². The number of halogens is 1. The number of hydrogen-bond acceptors (Lipinski definition) is 6. The van der Waals surface area contributed by atoms with Gasteiger partial charge in [0.2, 0.25) is 10.0 Å². The highest BCUT2D eigenvalue weighted by atomic mass is 32.2. The van der Waals surface area contributed by atoms with Crippen molar-refractivity contribution < 1.29 is 17.5 Å². The van der Waals surface area contributed by atoms with Crippen LogP contribution in [0.15, 0.2) is 59.8 Å². The number of aromatic nitrogens is 1. The predicted molar refractivity (Wildman–Crippen MR) is 129 cm³/mol. The molecule has 34 heavy (non-hydrogen) atoms. The van der Waals surface area contributed by atoms with Crippen LogP contribution in [0.4, 0.5) is 15.8 Å². The molecule has 0 amide bonds. The van der Waals surface area contributed by atoms with Crippen molar-refractivity contribution in [2.24, 2.45) is 17.8 Å². The third-order valence-corrected chi connectivity index (χ3v) is 9.33. The Morgan fingerprint density at radius 1 is 1.09 bits per heavy atom. The highest BCUT2D eigenvalue weighted by molar-refractivity contribution is 7.89. The fourth-order valence-corrected chi connectivity index (χ4v) is 7.21. The molecule has 6 rings (SSSR count). The summed E-state index contributed by atoms with van der Waals surface area (Å²) in [5.74, 6) is 0.864. The standard InChI is InChI=1S/C25H27FN4O3S/c26-23-12-18(4-5-24(23)29-8-10-33-11-9-29)28-14-20-21-15-30(16-22(20)21)34(31,32)25-3-1-2-17-13-27-7-6-19(17)25/h1-7,12-13,20-22,28H,8-11,14-16H2. The number of fused-ring (bicyclic) bond motifs is 2. The predicted octanol–water partition coefficient (Wildman–Crippen LogP) is 3.19. The number of ether oxygens (including phenoxy) is 1. The Morgan fingerprint density at radius 2 is 1.88 bits per heavy atom. The number of hydrogen-bond donors (Lipinski definition) is 1. The smallest absolute Gasteiger partial charge is 0.243 e. The lowest BCUT2D eigenvalue weighted by atomic mass is 10.2. The van der Waals surface area contributed by atoms with E-state index < -0.39 is 10.0 Å². The van der Waals surface area contributed by atoms with E-state index in [2.05, 4.69) is 10.3 Å². The van der Waals surface area contributed by atoms with E-state index in [1.54, 1.807) is 41.0 Å². The first-order valence-corrected chi connectivity index (χ1v) is 13.2. The van der Waals surface area contributed by atoms with Gasteiger partial charge in [-0.25, -0.2) is 12.8 Å². The average molecular weight is 483 g/mol. The lowest BCUT2D eigenvalue weighted by molar-refractivity contribution is 0.122. The van der Waals surface area contributed by atoms with Crippen molar-refractivity contribution in [1.82, 2.24) is 9.29 Å². The van der Waals surface area contributed by atoms with Gasteiger partial charge in [-0.2, -0.15) is 4.31 Å². The summed E-state index contributed by atoms with van der Waals surface area (Å²) in [6.07, 6.45) is 3.31. The second-order valence-electron chi connectivity index (χ2n) is 9.31. The summed E-state index contributed by atoms with van der Waals surface area (Å²) >= 11 is 0. The summed E-state index contributed by atoms with van der Waals surface area (Å²) in [5.41, 5.74) is 1.37. The zero-order chi connectivity index (χ0) is 23.3. The molecule has 1 aromatic heterocycles. The number of anilines is 2. The fraction of sp³-hybridized carbons (Fsp3) is 0.400. The maximum absolute atomic E-state index is 14.7. The van der Waals surface area contributed by atoms with E-state index in [9.17, 15) is 12.8 Å². The minimum atomic E-state index is -3.56. The minimum absolute atomic E-state index is 0.231. The molecule has 3 fully saturated rings. The van der Waals surface area contributed by atoms with Crippen LogP contribution in [0.3, 0.4) is 0 Å². The summed E-state index contributed by atoms with van der Waals surface area (Å²) in [6, 6.07) is 12.4. The minimum Gasteiger partial charge on any atom is -0.385 e. The Kier molecular flexibility index (Phi) is 5.43. The third-order valence-electron chi connectivity index (χ3n) is 7.44. The normalized spacial score (nSPS) is 24.9. The number of benzene rings is 2. The van der Waals surface area contributed by atoms with Gasteiger partial charge in [-0.15, -0.1) is 0 Å². The van der Waals surface area contributed by atoms with Gasteiger partial charge in [-0.05, 0) is 48.1 Å². The van der Waals surface area contributed by atoms with E-state index in [1.807, 2.05) is 23.1 Å². The third kappa shape index (κ3) is 3.81. The van der Waals surface area contributed by atoms with Crippen molar-refractivity contribution in [3.8, 4) is 0 Å². The zero-order valence-corrected chi connectivity index (χ0v) is 19.5. The highest BCUT2D eigenvalue weighted by Gasteiger charge is 2.57. The first-order valence-electron chi connectivity index (χ1n) is 11.7. The molecular formula is C25H27FN4O3S. The van der Waals surface area contributed by atoms with Crippen molar-refractivity contribution in [3.63, 3.8) is 0 Å². The molecule has 0 spiro atoms. The topological polar surface area (TPSA) is 74.8 Å². The molecule has 2 saturated heterocycles. The summed E-state index contributed by atoms with van der Waals surface area (Å²) in [6.45, 7) is 4.42. The molecule has 7 nitrogen and oxygen atoms in total. The van der Waals surface area contributed by atoms with Gasteiger partial charge >= 0.3 is 0 Å². The van der Waals surface area contributed by atoms with Gasteiger partial charge in [0.1, 0.15) is 5.82 Å². The van der Waals surface area contributed by atoms with E-state index in [1.165, 1.54) is 0 Å². The lowest BCUT2D eigenvalue weighted by Gasteiger charge is -2.29. The molecule has 2 aromatic carbocycles. The molecule has 0 bridgehead atoms. The molecule has 3 aliphatic rings. The van der Waals surface area contributed by atoms with E-state index in [0.29, 0.717) is 73.1 Å². The number of nitrogens with zero attached hydrogens (tertiary/aromatic N) is 3. The largest absolute Gasteiger partial charge is 0.385 e. The number of pyridine rings is 1.